The molecule has 0 amide bonds. The average Bonchev–Trinajstić information content (AvgIpc) is 2.35. The molecule has 1 unspecified atom stereocenters. The van der Waals surface area contributed by atoms with Crippen LogP contribution in [0.5, 0.6) is 0 Å². The molecule has 0 aliphatic rings. The highest BCUT2D eigenvalue weighted by atomic mass is 79.9. The van der Waals surface area contributed by atoms with Crippen molar-refractivity contribution >= 4 is 27.5 Å². The summed E-state index contributed by atoms with van der Waals surface area (Å²) < 4.78 is 27.3. The van der Waals surface area contributed by atoms with Crippen LogP contribution >= 0.6 is 27.5 Å². The van der Waals surface area contributed by atoms with Crippen molar-refractivity contribution in [3.05, 3.63) is 68.7 Å². The van der Waals surface area contributed by atoms with Crippen LogP contribution in [0, 0.1) is 11.6 Å². The molecule has 0 aliphatic carbocycles. The fourth-order valence-corrected chi connectivity index (χ4v) is 2.03. The molecule has 0 saturated heterocycles. The van der Waals surface area contributed by atoms with Gasteiger partial charge in [-0.25, -0.2) is 8.78 Å². The number of hydrogen-bond donors (Lipinski definition) is 1. The molecular weight excluding hydrogens is 325 g/mol. The second kappa shape index (κ2) is 5.34. The number of rotatable bonds is 2. The predicted octanol–water partition coefficient (Wildman–Crippen LogP) is 4.46. The van der Waals surface area contributed by atoms with Gasteiger partial charge in [0.05, 0.1) is 5.02 Å². The lowest BCUT2D eigenvalue weighted by atomic mass is 10.0. The molecule has 0 bridgehead atoms. The topological polar surface area (TPSA) is 20.2 Å². The van der Waals surface area contributed by atoms with Crippen LogP contribution in [0.1, 0.15) is 17.2 Å². The van der Waals surface area contributed by atoms with Gasteiger partial charge < -0.3 is 5.11 Å². The van der Waals surface area contributed by atoms with Crippen molar-refractivity contribution in [3.63, 3.8) is 0 Å². The maximum absolute atomic E-state index is 13.5. The van der Waals surface area contributed by atoms with E-state index in [1.807, 2.05) is 0 Å². The van der Waals surface area contributed by atoms with Crippen LogP contribution in [0.2, 0.25) is 5.02 Å². The number of halogens is 4. The van der Waals surface area contributed by atoms with Gasteiger partial charge in [0, 0.05) is 10.0 Å². The second-order valence-electron chi connectivity index (χ2n) is 3.72. The SMILES string of the molecule is OC(c1ccc(Br)c(Cl)c1)c1cccc(F)c1F. The largest absolute Gasteiger partial charge is 0.384 e. The van der Waals surface area contributed by atoms with Gasteiger partial charge in [-0.1, -0.05) is 29.8 Å². The highest BCUT2D eigenvalue weighted by Gasteiger charge is 2.18. The monoisotopic (exact) mass is 332 g/mol. The molecule has 5 heteroatoms. The lowest BCUT2D eigenvalue weighted by Gasteiger charge is -2.13. The number of aliphatic hydroxyl groups excluding tert-OH is 1. The van der Waals surface area contributed by atoms with Crippen molar-refractivity contribution in [2.24, 2.45) is 0 Å². The van der Waals surface area contributed by atoms with Crippen molar-refractivity contribution in [1.82, 2.24) is 0 Å². The summed E-state index contributed by atoms with van der Waals surface area (Å²) in [6.07, 6.45) is -1.26. The number of hydrogen-bond acceptors (Lipinski definition) is 1. The Morgan fingerprint density at radius 2 is 1.89 bits per heavy atom. The summed E-state index contributed by atoms with van der Waals surface area (Å²) >= 11 is 9.10. The Balaban J connectivity index is 2.44. The first-order chi connectivity index (χ1) is 8.50. The van der Waals surface area contributed by atoms with E-state index < -0.39 is 17.7 Å². The maximum Gasteiger partial charge on any atom is 0.164 e. The van der Waals surface area contributed by atoms with Crippen LogP contribution in [0.15, 0.2) is 40.9 Å². The number of benzene rings is 2. The first-order valence-corrected chi connectivity index (χ1v) is 6.24. The van der Waals surface area contributed by atoms with Crippen LogP contribution in [0.25, 0.3) is 0 Å². The third-order valence-electron chi connectivity index (χ3n) is 2.54. The van der Waals surface area contributed by atoms with E-state index in [2.05, 4.69) is 15.9 Å². The summed E-state index contributed by atoms with van der Waals surface area (Å²) in [5.74, 6) is -2.04. The van der Waals surface area contributed by atoms with Crippen LogP contribution in [-0.2, 0) is 0 Å². The first kappa shape index (κ1) is 13.5. The molecule has 94 valence electrons. The fraction of sp³-hybridized carbons (Fsp3) is 0.0769. The van der Waals surface area contributed by atoms with Gasteiger partial charge in [0.25, 0.3) is 0 Å². The molecule has 0 radical (unpaired) electrons. The van der Waals surface area contributed by atoms with Gasteiger partial charge in [0.1, 0.15) is 6.10 Å². The van der Waals surface area contributed by atoms with E-state index in [1.165, 1.54) is 18.2 Å². The van der Waals surface area contributed by atoms with Gasteiger partial charge >= 0.3 is 0 Å². The van der Waals surface area contributed by atoms with Gasteiger partial charge in [-0.15, -0.1) is 0 Å². The molecule has 0 aromatic heterocycles. The summed E-state index contributed by atoms with van der Waals surface area (Å²) in [7, 11) is 0. The minimum atomic E-state index is -1.26. The van der Waals surface area contributed by atoms with Gasteiger partial charge in [0.2, 0.25) is 0 Å². The zero-order valence-electron chi connectivity index (χ0n) is 9.00. The zero-order valence-corrected chi connectivity index (χ0v) is 11.3. The van der Waals surface area contributed by atoms with Crippen molar-refractivity contribution in [2.75, 3.05) is 0 Å². The minimum Gasteiger partial charge on any atom is -0.384 e. The Morgan fingerprint density at radius 1 is 1.17 bits per heavy atom. The Labute approximate surface area is 116 Å². The standard InChI is InChI=1S/C13H8BrClF2O/c14-9-5-4-7(6-10(9)15)13(18)8-2-1-3-11(16)12(8)17/h1-6,13,18H. The summed E-state index contributed by atoms with van der Waals surface area (Å²) in [5, 5.41) is 10.4. The van der Waals surface area contributed by atoms with Crippen molar-refractivity contribution in [2.45, 2.75) is 6.10 Å². The molecule has 0 aliphatic heterocycles. The van der Waals surface area contributed by atoms with Crippen molar-refractivity contribution in [1.29, 1.82) is 0 Å². The summed E-state index contributed by atoms with van der Waals surface area (Å²) in [6, 6.07) is 8.40. The minimum absolute atomic E-state index is 0.117. The highest BCUT2D eigenvalue weighted by molar-refractivity contribution is 9.10. The molecule has 2 aromatic rings. The fourth-order valence-electron chi connectivity index (χ4n) is 1.59. The molecular formula is C13H8BrClF2O. The molecule has 0 fully saturated rings. The molecule has 1 N–H and O–H groups in total. The summed E-state index contributed by atoms with van der Waals surface area (Å²) in [6.45, 7) is 0. The van der Waals surface area contributed by atoms with Crippen LogP contribution in [-0.4, -0.2) is 5.11 Å². The molecule has 0 spiro atoms. The van der Waals surface area contributed by atoms with E-state index in [9.17, 15) is 13.9 Å². The smallest absolute Gasteiger partial charge is 0.164 e. The first-order valence-electron chi connectivity index (χ1n) is 5.07. The van der Waals surface area contributed by atoms with Gasteiger partial charge in [-0.05, 0) is 39.7 Å². The van der Waals surface area contributed by atoms with Crippen LogP contribution in [0.3, 0.4) is 0 Å². The number of aliphatic hydroxyl groups is 1. The molecule has 2 rings (SSSR count). The lowest BCUT2D eigenvalue weighted by molar-refractivity contribution is 0.213. The third-order valence-corrected chi connectivity index (χ3v) is 3.77. The molecule has 18 heavy (non-hydrogen) atoms. The summed E-state index contributed by atoms with van der Waals surface area (Å²) in [4.78, 5) is 0. The molecule has 1 nitrogen and oxygen atoms in total. The summed E-state index contributed by atoms with van der Waals surface area (Å²) in [5.41, 5.74) is 0.279. The Bertz CT molecular complexity index is 589. The Hall–Kier alpha value is -0.970. The molecule has 2 aromatic carbocycles. The third kappa shape index (κ3) is 2.55. The van der Waals surface area contributed by atoms with Gasteiger partial charge in [-0.2, -0.15) is 0 Å². The maximum atomic E-state index is 13.5. The normalized spacial score (nSPS) is 12.5. The van der Waals surface area contributed by atoms with E-state index in [0.717, 1.165) is 6.07 Å². The van der Waals surface area contributed by atoms with E-state index >= 15 is 0 Å². The van der Waals surface area contributed by atoms with Gasteiger partial charge in [-0.3, -0.25) is 0 Å². The second-order valence-corrected chi connectivity index (χ2v) is 4.98. The zero-order chi connectivity index (χ0) is 13.3. The van der Waals surface area contributed by atoms with E-state index in [4.69, 9.17) is 11.6 Å². The molecule has 0 heterocycles. The Morgan fingerprint density at radius 3 is 2.56 bits per heavy atom. The average molecular weight is 334 g/mol. The lowest BCUT2D eigenvalue weighted by Crippen LogP contribution is -2.04. The van der Waals surface area contributed by atoms with E-state index in [0.29, 0.717) is 15.1 Å². The van der Waals surface area contributed by atoms with Crippen LogP contribution < -0.4 is 0 Å². The van der Waals surface area contributed by atoms with Gasteiger partial charge in [0.15, 0.2) is 11.6 Å². The molecule has 0 saturated carbocycles. The quantitative estimate of drug-likeness (QED) is 0.860. The molecule has 1 atom stereocenters. The Kier molecular flexibility index (Phi) is 4.00. The van der Waals surface area contributed by atoms with E-state index in [-0.39, 0.29) is 5.56 Å². The predicted molar refractivity (Wildman–Crippen MR) is 69.6 cm³/mol. The van der Waals surface area contributed by atoms with E-state index in [1.54, 1.807) is 12.1 Å². The van der Waals surface area contributed by atoms with Crippen LogP contribution in [0.4, 0.5) is 8.78 Å². The van der Waals surface area contributed by atoms with Crippen molar-refractivity contribution < 1.29 is 13.9 Å². The highest BCUT2D eigenvalue weighted by Crippen LogP contribution is 2.30. The van der Waals surface area contributed by atoms with Crippen molar-refractivity contribution in [3.8, 4) is 0 Å².